The molecule has 5 nitrogen and oxygen atoms in total. The van der Waals surface area contributed by atoms with E-state index in [2.05, 4.69) is 24.6 Å². The normalized spacial score (nSPS) is 15.8. The molecule has 0 amide bonds. The molecule has 18 heavy (non-hydrogen) atoms. The van der Waals surface area contributed by atoms with Gasteiger partial charge in [-0.15, -0.1) is 33.1 Å². The molecule has 0 saturated heterocycles. The van der Waals surface area contributed by atoms with E-state index in [0.717, 1.165) is 49.1 Å². The number of halogens is 1. The Hall–Kier alpha value is -0.980. The largest absolute Gasteiger partial charge is 0.315 e. The molecular weight excluding hydrogens is 270 g/mol. The van der Waals surface area contributed by atoms with Gasteiger partial charge >= 0.3 is 0 Å². The fourth-order valence-electron chi connectivity index (χ4n) is 2.09. The van der Waals surface area contributed by atoms with Gasteiger partial charge in [0.2, 0.25) is 0 Å². The molecule has 2 aromatic heterocycles. The smallest absolute Gasteiger partial charge is 0.147 e. The number of aromatic nitrogens is 4. The lowest BCUT2D eigenvalue weighted by Crippen LogP contribution is -2.35. The Kier molecular flexibility index (Phi) is 3.58. The average molecular weight is 284 g/mol. The van der Waals surface area contributed by atoms with E-state index in [1.165, 1.54) is 0 Å². The van der Waals surface area contributed by atoms with Crippen LogP contribution in [0.1, 0.15) is 16.5 Å². The molecule has 0 fully saturated rings. The average Bonchev–Trinajstić information content (AvgIpc) is 3.04. The van der Waals surface area contributed by atoms with E-state index in [1.807, 2.05) is 5.38 Å². The van der Waals surface area contributed by atoms with Crippen molar-refractivity contribution in [3.05, 3.63) is 28.2 Å². The molecule has 1 aliphatic rings. The molecule has 2 aromatic rings. The van der Waals surface area contributed by atoms with Crippen molar-refractivity contribution in [3.8, 4) is 0 Å². The van der Waals surface area contributed by atoms with Crippen LogP contribution in [0.3, 0.4) is 0 Å². The monoisotopic (exact) mass is 283 g/mol. The first-order valence-electron chi connectivity index (χ1n) is 5.93. The van der Waals surface area contributed by atoms with Crippen LogP contribution in [0.4, 0.5) is 0 Å². The molecule has 0 unspecified atom stereocenters. The van der Waals surface area contributed by atoms with Crippen LogP contribution in [-0.2, 0) is 25.4 Å². The van der Waals surface area contributed by atoms with Gasteiger partial charge in [-0.25, -0.2) is 4.98 Å². The zero-order valence-electron chi connectivity index (χ0n) is 9.92. The van der Waals surface area contributed by atoms with E-state index in [9.17, 15) is 0 Å². The summed E-state index contributed by atoms with van der Waals surface area (Å²) in [5.74, 6) is 1.56. The Balaban J connectivity index is 1.55. The van der Waals surface area contributed by atoms with Crippen LogP contribution in [0.2, 0.25) is 0 Å². The number of rotatable bonds is 4. The minimum atomic E-state index is 0.503. The van der Waals surface area contributed by atoms with Crippen molar-refractivity contribution in [2.75, 3.05) is 13.1 Å². The first kappa shape index (κ1) is 12.1. The lowest BCUT2D eigenvalue weighted by Gasteiger charge is -2.26. The minimum absolute atomic E-state index is 0.503. The van der Waals surface area contributed by atoms with Gasteiger partial charge in [-0.2, -0.15) is 0 Å². The fourth-order valence-corrected chi connectivity index (χ4v) is 3.10. The number of hydrogen-bond donors (Lipinski definition) is 0. The van der Waals surface area contributed by atoms with E-state index in [4.69, 9.17) is 11.6 Å². The quantitative estimate of drug-likeness (QED) is 0.799. The number of nitrogens with zero attached hydrogens (tertiary/aromatic N) is 5. The van der Waals surface area contributed by atoms with E-state index in [-0.39, 0.29) is 0 Å². The van der Waals surface area contributed by atoms with Gasteiger partial charge in [0.1, 0.15) is 12.2 Å². The van der Waals surface area contributed by atoms with Gasteiger partial charge in [0, 0.05) is 31.4 Å². The summed E-state index contributed by atoms with van der Waals surface area (Å²) in [5.41, 5.74) is 0.982. The van der Waals surface area contributed by atoms with Crippen LogP contribution in [0.15, 0.2) is 11.7 Å². The Morgan fingerprint density at radius 2 is 2.33 bits per heavy atom. The van der Waals surface area contributed by atoms with Crippen LogP contribution in [0, 0.1) is 0 Å². The summed E-state index contributed by atoms with van der Waals surface area (Å²) in [6, 6.07) is 0. The number of hydrogen-bond acceptors (Lipinski definition) is 5. The highest BCUT2D eigenvalue weighted by Crippen LogP contribution is 2.14. The highest BCUT2D eigenvalue weighted by molar-refractivity contribution is 7.09. The maximum atomic E-state index is 5.75. The van der Waals surface area contributed by atoms with Crippen molar-refractivity contribution in [2.45, 2.75) is 25.4 Å². The lowest BCUT2D eigenvalue weighted by molar-refractivity contribution is 0.219. The molecular formula is C11H14ClN5S. The molecule has 7 heteroatoms. The Morgan fingerprint density at radius 1 is 1.39 bits per heavy atom. The minimum Gasteiger partial charge on any atom is -0.315 e. The number of fused-ring (bicyclic) bond motifs is 1. The molecule has 3 rings (SSSR count). The standard InChI is InChI=1S/C11H14ClN5S/c12-5-9-7-18-11(14-9)1-2-16-3-4-17-8-13-15-10(17)6-16/h7-8H,1-6H2. The zero-order chi connectivity index (χ0) is 12.4. The van der Waals surface area contributed by atoms with Gasteiger partial charge in [0.05, 0.1) is 23.1 Å². The third kappa shape index (κ3) is 2.55. The highest BCUT2D eigenvalue weighted by Gasteiger charge is 2.17. The lowest BCUT2D eigenvalue weighted by atomic mass is 10.3. The third-order valence-electron chi connectivity index (χ3n) is 3.10. The molecule has 0 saturated carbocycles. The van der Waals surface area contributed by atoms with Crippen molar-refractivity contribution in [2.24, 2.45) is 0 Å². The molecule has 0 atom stereocenters. The predicted molar refractivity (Wildman–Crippen MR) is 70.7 cm³/mol. The van der Waals surface area contributed by atoms with Gasteiger partial charge < -0.3 is 4.57 Å². The van der Waals surface area contributed by atoms with E-state index in [1.54, 1.807) is 17.7 Å². The summed E-state index contributed by atoms with van der Waals surface area (Å²) in [4.78, 5) is 6.87. The maximum absolute atomic E-state index is 5.75. The zero-order valence-corrected chi connectivity index (χ0v) is 11.5. The first-order chi connectivity index (χ1) is 8.85. The molecule has 0 radical (unpaired) electrons. The van der Waals surface area contributed by atoms with Crippen molar-refractivity contribution >= 4 is 22.9 Å². The first-order valence-corrected chi connectivity index (χ1v) is 7.35. The number of alkyl halides is 1. The summed E-state index contributed by atoms with van der Waals surface area (Å²) < 4.78 is 2.12. The second-order valence-corrected chi connectivity index (χ2v) is 5.54. The Bertz CT molecular complexity index is 523. The van der Waals surface area contributed by atoms with Gasteiger partial charge in [-0.3, -0.25) is 4.90 Å². The van der Waals surface area contributed by atoms with E-state index >= 15 is 0 Å². The topological polar surface area (TPSA) is 46.8 Å². The van der Waals surface area contributed by atoms with Crippen LogP contribution in [0.25, 0.3) is 0 Å². The van der Waals surface area contributed by atoms with Crippen LogP contribution < -0.4 is 0 Å². The van der Waals surface area contributed by atoms with Crippen LogP contribution in [0.5, 0.6) is 0 Å². The molecule has 1 aliphatic heterocycles. The predicted octanol–water partition coefficient (Wildman–Crippen LogP) is 1.53. The summed E-state index contributed by atoms with van der Waals surface area (Å²) in [6.45, 7) is 3.93. The molecule has 0 aliphatic carbocycles. The van der Waals surface area contributed by atoms with Crippen molar-refractivity contribution in [1.29, 1.82) is 0 Å². The van der Waals surface area contributed by atoms with Crippen LogP contribution >= 0.6 is 22.9 Å². The van der Waals surface area contributed by atoms with E-state index < -0.39 is 0 Å². The second kappa shape index (κ2) is 5.34. The molecule has 96 valence electrons. The molecule has 0 aromatic carbocycles. The third-order valence-corrected chi connectivity index (χ3v) is 4.33. The summed E-state index contributed by atoms with van der Waals surface area (Å²) in [5, 5.41) is 11.3. The van der Waals surface area contributed by atoms with Gasteiger partial charge in [0.25, 0.3) is 0 Å². The molecule has 0 N–H and O–H groups in total. The second-order valence-electron chi connectivity index (χ2n) is 4.33. The SMILES string of the molecule is ClCc1csc(CCN2CCn3cnnc3C2)n1. The summed E-state index contributed by atoms with van der Waals surface area (Å²) in [6.07, 6.45) is 2.79. The van der Waals surface area contributed by atoms with Crippen molar-refractivity contribution in [3.63, 3.8) is 0 Å². The Labute approximate surface area is 114 Å². The summed E-state index contributed by atoms with van der Waals surface area (Å²) >= 11 is 7.44. The van der Waals surface area contributed by atoms with Crippen LogP contribution in [-0.4, -0.2) is 37.7 Å². The highest BCUT2D eigenvalue weighted by atomic mass is 35.5. The van der Waals surface area contributed by atoms with Gasteiger partial charge in [0.15, 0.2) is 0 Å². The van der Waals surface area contributed by atoms with E-state index in [0.29, 0.717) is 5.88 Å². The molecule has 0 bridgehead atoms. The Morgan fingerprint density at radius 3 is 3.17 bits per heavy atom. The fraction of sp³-hybridized carbons (Fsp3) is 0.545. The van der Waals surface area contributed by atoms with Crippen molar-refractivity contribution in [1.82, 2.24) is 24.6 Å². The van der Waals surface area contributed by atoms with Crippen molar-refractivity contribution < 1.29 is 0 Å². The van der Waals surface area contributed by atoms with Gasteiger partial charge in [-0.1, -0.05) is 0 Å². The molecule has 0 spiro atoms. The maximum Gasteiger partial charge on any atom is 0.147 e. The number of thiazole rings is 1. The molecule has 3 heterocycles. The van der Waals surface area contributed by atoms with Gasteiger partial charge in [-0.05, 0) is 0 Å². The summed E-state index contributed by atoms with van der Waals surface area (Å²) in [7, 11) is 0.